The lowest BCUT2D eigenvalue weighted by atomic mass is 9.85. The van der Waals surface area contributed by atoms with Gasteiger partial charge in [0.1, 0.15) is 23.6 Å². The summed E-state index contributed by atoms with van der Waals surface area (Å²) in [5.74, 6) is 0.834. The highest BCUT2D eigenvalue weighted by molar-refractivity contribution is 6.00. The zero-order chi connectivity index (χ0) is 29.2. The summed E-state index contributed by atoms with van der Waals surface area (Å²) in [6.07, 6.45) is 9.59. The van der Waals surface area contributed by atoms with Gasteiger partial charge in [0.25, 0.3) is 0 Å². The molecule has 6 atom stereocenters. The number of ether oxygens (including phenoxy) is 2. The molecule has 0 aromatic heterocycles. The van der Waals surface area contributed by atoms with Gasteiger partial charge in [-0.2, -0.15) is 0 Å². The highest BCUT2D eigenvalue weighted by atomic mass is 16.6. The smallest absolute Gasteiger partial charge is 0.408 e. The van der Waals surface area contributed by atoms with Gasteiger partial charge in [-0.05, 0) is 57.4 Å². The van der Waals surface area contributed by atoms with Crippen molar-refractivity contribution in [2.75, 3.05) is 6.54 Å². The van der Waals surface area contributed by atoms with Gasteiger partial charge in [0.2, 0.25) is 5.91 Å². The molecule has 10 nitrogen and oxygen atoms in total. The second kappa shape index (κ2) is 11.7. The molecule has 0 unspecified atom stereocenters. The van der Waals surface area contributed by atoms with Gasteiger partial charge in [0.15, 0.2) is 11.5 Å². The monoisotopic (exact) mass is 555 g/mol. The van der Waals surface area contributed by atoms with Gasteiger partial charge in [-0.1, -0.05) is 40.5 Å². The van der Waals surface area contributed by atoms with E-state index in [0.717, 1.165) is 37.8 Å². The van der Waals surface area contributed by atoms with E-state index < -0.39 is 35.3 Å². The quantitative estimate of drug-likeness (QED) is 0.441. The van der Waals surface area contributed by atoms with E-state index in [-0.39, 0.29) is 24.2 Å². The lowest BCUT2D eigenvalue weighted by Crippen LogP contribution is -2.57. The summed E-state index contributed by atoms with van der Waals surface area (Å²) < 4.78 is 12.4. The maximum atomic E-state index is 14.1. The lowest BCUT2D eigenvalue weighted by Gasteiger charge is -2.35. The number of carbonyl (C=O) groups is 3. The summed E-state index contributed by atoms with van der Waals surface area (Å²) in [6.45, 7) is 11.4. The number of amides is 2. The Hall–Kier alpha value is -3.17. The van der Waals surface area contributed by atoms with E-state index in [2.05, 4.69) is 10.6 Å². The van der Waals surface area contributed by atoms with Crippen LogP contribution in [-0.4, -0.2) is 64.9 Å². The molecule has 4 rings (SSSR count). The van der Waals surface area contributed by atoms with Gasteiger partial charge in [-0.3, -0.25) is 9.59 Å². The van der Waals surface area contributed by atoms with Gasteiger partial charge in [-0.25, -0.2) is 9.79 Å². The van der Waals surface area contributed by atoms with Gasteiger partial charge >= 0.3 is 6.09 Å². The zero-order valence-corrected chi connectivity index (χ0v) is 24.7. The molecule has 2 amide bonds. The largest absolute Gasteiger partial charge is 0.485 e. The number of carbonyl (C=O) groups excluding carboxylic acids is 3. The molecule has 3 fully saturated rings. The van der Waals surface area contributed by atoms with Crippen LogP contribution in [0.15, 0.2) is 28.8 Å². The molecule has 10 heteroatoms. The minimum atomic E-state index is -0.876. The van der Waals surface area contributed by atoms with Crippen molar-refractivity contribution in [2.45, 2.75) is 110 Å². The van der Waals surface area contributed by atoms with Crippen molar-refractivity contribution in [1.29, 1.82) is 5.41 Å². The van der Waals surface area contributed by atoms with E-state index in [9.17, 15) is 14.4 Å². The number of Topliss-reactive ketones (excluding diaryl/α,β-unsaturated/α-hetero) is 1. The number of hydrogen-bond acceptors (Lipinski definition) is 8. The molecule has 3 N–H and O–H groups in total. The third-order valence-corrected chi connectivity index (χ3v) is 8.70. The standard InChI is InChI=1S/C30H45N5O5/c1-7-20-23-17-35(25(20)18(2)36)27(37)26(29(3,4)5)34-28(38)40-30(6)15-19(30)11-9-8-10-12-21-22(39-23)16-32-24(33-21)13-14-31/h13-14,16,19-20,23,25-26,31-32H,7-12,15,17H2,1-6H3,(H,34,38)/b24-13+,31-14?/t19-,20-,23+,25-,26-,30-/m1/s1. The molecule has 3 heterocycles. The molecular formula is C30H45N5O5. The average molecular weight is 556 g/mol. The molecule has 1 aliphatic carbocycles. The van der Waals surface area contributed by atoms with Crippen LogP contribution >= 0.6 is 0 Å². The predicted octanol–water partition coefficient (Wildman–Crippen LogP) is 4.46. The maximum absolute atomic E-state index is 14.1. The molecule has 220 valence electrons. The van der Waals surface area contributed by atoms with Crippen LogP contribution in [0, 0.1) is 22.7 Å². The van der Waals surface area contributed by atoms with Crippen LogP contribution in [0.1, 0.15) is 86.5 Å². The Kier molecular flexibility index (Phi) is 8.75. The molecule has 2 saturated heterocycles. The fourth-order valence-corrected chi connectivity index (χ4v) is 6.30. The summed E-state index contributed by atoms with van der Waals surface area (Å²) >= 11 is 0. The molecular weight excluding hydrogens is 510 g/mol. The molecule has 0 aromatic carbocycles. The van der Waals surface area contributed by atoms with Crippen molar-refractivity contribution in [2.24, 2.45) is 22.2 Å². The Morgan fingerprint density at radius 3 is 2.67 bits per heavy atom. The zero-order valence-electron chi connectivity index (χ0n) is 24.7. The normalized spacial score (nSPS) is 34.4. The average Bonchev–Trinajstić information content (AvgIpc) is 3.34. The second-order valence-electron chi connectivity index (χ2n) is 12.9. The van der Waals surface area contributed by atoms with Crippen LogP contribution in [0.5, 0.6) is 0 Å². The number of nitrogens with zero attached hydrogens (tertiary/aromatic N) is 2. The van der Waals surface area contributed by atoms with E-state index in [1.165, 1.54) is 13.1 Å². The first kappa shape index (κ1) is 29.8. The van der Waals surface area contributed by atoms with E-state index in [0.29, 0.717) is 30.3 Å². The molecule has 4 aliphatic rings. The number of allylic oxidation sites excluding steroid dienone is 2. The van der Waals surface area contributed by atoms with Crippen LogP contribution in [0.25, 0.3) is 0 Å². The topological polar surface area (TPSA) is 133 Å². The number of fused-ring (bicyclic) bond motifs is 4. The van der Waals surface area contributed by atoms with Crippen molar-refractivity contribution in [1.82, 2.24) is 15.5 Å². The first-order valence-electron chi connectivity index (χ1n) is 14.6. The first-order valence-corrected chi connectivity index (χ1v) is 14.6. The molecule has 0 radical (unpaired) electrons. The Balaban J connectivity index is 1.68. The van der Waals surface area contributed by atoms with Gasteiger partial charge < -0.3 is 30.4 Å². The van der Waals surface area contributed by atoms with Gasteiger partial charge in [0.05, 0.1) is 18.3 Å². The number of hydrogen-bond donors (Lipinski definition) is 3. The fourth-order valence-electron chi connectivity index (χ4n) is 6.30. The van der Waals surface area contributed by atoms with Crippen molar-refractivity contribution >= 4 is 29.7 Å². The molecule has 40 heavy (non-hydrogen) atoms. The number of nitrogens with one attached hydrogen (secondary N) is 3. The molecule has 2 bridgehead atoms. The van der Waals surface area contributed by atoms with E-state index in [4.69, 9.17) is 19.9 Å². The van der Waals surface area contributed by atoms with Crippen molar-refractivity contribution < 1.29 is 23.9 Å². The minimum Gasteiger partial charge on any atom is -0.485 e. The lowest BCUT2D eigenvalue weighted by molar-refractivity contribution is -0.141. The Morgan fingerprint density at radius 1 is 1.27 bits per heavy atom. The molecule has 1 saturated carbocycles. The third kappa shape index (κ3) is 6.41. The van der Waals surface area contributed by atoms with Gasteiger partial charge in [0, 0.05) is 24.3 Å². The van der Waals surface area contributed by atoms with E-state index in [1.54, 1.807) is 17.2 Å². The van der Waals surface area contributed by atoms with E-state index in [1.807, 2.05) is 34.6 Å². The Labute approximate surface area is 237 Å². The molecule has 0 aromatic rings. The predicted molar refractivity (Wildman–Crippen MR) is 153 cm³/mol. The van der Waals surface area contributed by atoms with E-state index >= 15 is 0 Å². The number of alkyl carbamates (subject to hydrolysis) is 1. The highest BCUT2D eigenvalue weighted by Crippen LogP contribution is 2.49. The Morgan fingerprint density at radius 2 is 2.02 bits per heavy atom. The third-order valence-electron chi connectivity index (χ3n) is 8.70. The highest BCUT2D eigenvalue weighted by Gasteiger charge is 2.54. The fraction of sp³-hybridized carbons (Fsp3) is 0.700. The van der Waals surface area contributed by atoms with Crippen molar-refractivity contribution in [3.05, 3.63) is 23.9 Å². The van der Waals surface area contributed by atoms with Crippen LogP contribution in [0.4, 0.5) is 4.79 Å². The van der Waals surface area contributed by atoms with Crippen LogP contribution in [0.3, 0.4) is 0 Å². The second-order valence-corrected chi connectivity index (χ2v) is 12.9. The SMILES string of the molecule is CC[C@@H]1[C@@H]2CN(C(=O)[C@H](C(C)(C)C)NC(=O)O[C@]3(C)C[C@H]3CCCCCC3=N/C(=C/C=N)NC=C3O2)[C@@H]1C(C)=O. The summed E-state index contributed by atoms with van der Waals surface area (Å²) in [4.78, 5) is 46.4. The summed E-state index contributed by atoms with van der Waals surface area (Å²) in [5, 5.41) is 13.4. The number of rotatable bonds is 3. The van der Waals surface area contributed by atoms with Crippen LogP contribution < -0.4 is 10.6 Å². The first-order chi connectivity index (χ1) is 18.9. The molecule has 3 aliphatic heterocycles. The van der Waals surface area contributed by atoms with Gasteiger partial charge in [-0.15, -0.1) is 0 Å². The maximum Gasteiger partial charge on any atom is 0.408 e. The van der Waals surface area contributed by atoms with Crippen LogP contribution in [-0.2, 0) is 19.1 Å². The summed E-state index contributed by atoms with van der Waals surface area (Å²) in [6, 6.07) is -1.54. The Bertz CT molecular complexity index is 1120. The van der Waals surface area contributed by atoms with Crippen molar-refractivity contribution in [3.8, 4) is 0 Å². The molecule has 0 spiro atoms. The number of ketones is 1. The van der Waals surface area contributed by atoms with Crippen molar-refractivity contribution in [3.63, 3.8) is 0 Å². The number of aliphatic imine (C=N–C) groups is 1. The summed E-state index contributed by atoms with van der Waals surface area (Å²) in [7, 11) is 0. The minimum absolute atomic E-state index is 0.110. The van der Waals surface area contributed by atoms with Crippen LogP contribution in [0.2, 0.25) is 0 Å². The summed E-state index contributed by atoms with van der Waals surface area (Å²) in [5.41, 5.74) is -0.341.